The van der Waals surface area contributed by atoms with Gasteiger partial charge in [-0.25, -0.2) is 0 Å². The second-order valence-corrected chi connectivity index (χ2v) is 6.21. The number of thiophene rings is 1. The number of likely N-dealkylation sites (tertiary alicyclic amines) is 1. The van der Waals surface area contributed by atoms with Gasteiger partial charge in [-0.15, -0.1) is 11.3 Å². The zero-order valence-corrected chi connectivity index (χ0v) is 13.4. The van der Waals surface area contributed by atoms with Gasteiger partial charge in [-0.05, 0) is 31.2 Å². The highest BCUT2D eigenvalue weighted by atomic mass is 32.1. The fourth-order valence-electron chi connectivity index (χ4n) is 2.66. The molecule has 0 saturated carbocycles. The minimum absolute atomic E-state index is 0.118. The molecule has 2 rings (SSSR count). The van der Waals surface area contributed by atoms with Crippen LogP contribution in [-0.4, -0.2) is 38.1 Å². The molecule has 1 amide bonds. The maximum absolute atomic E-state index is 12.1. The van der Waals surface area contributed by atoms with Crippen LogP contribution >= 0.6 is 11.3 Å². The van der Waals surface area contributed by atoms with Crippen LogP contribution < -0.4 is 10.2 Å². The van der Waals surface area contributed by atoms with Gasteiger partial charge in [0, 0.05) is 0 Å². The van der Waals surface area contributed by atoms with Crippen LogP contribution in [0.3, 0.4) is 0 Å². The Balaban J connectivity index is 1.86. The van der Waals surface area contributed by atoms with Gasteiger partial charge in [0.1, 0.15) is 17.0 Å². The highest BCUT2D eigenvalue weighted by Gasteiger charge is 2.30. The van der Waals surface area contributed by atoms with Gasteiger partial charge in [-0.3, -0.25) is 9.59 Å². The van der Waals surface area contributed by atoms with E-state index < -0.39 is 0 Å². The number of esters is 1. The number of amides is 1. The maximum atomic E-state index is 12.1. The summed E-state index contributed by atoms with van der Waals surface area (Å²) in [5, 5.41) is 14.1. The van der Waals surface area contributed by atoms with E-state index in [0.717, 1.165) is 24.3 Å². The number of anilines is 1. The molecular formula is C15H20N3O3S+. The summed E-state index contributed by atoms with van der Waals surface area (Å²) >= 11 is 1.34. The zero-order chi connectivity index (χ0) is 15.9. The third-order valence-corrected chi connectivity index (χ3v) is 4.52. The Kier molecular flexibility index (Phi) is 5.92. The second kappa shape index (κ2) is 7.92. The molecule has 0 aliphatic carbocycles. The zero-order valence-electron chi connectivity index (χ0n) is 12.6. The molecule has 2 atom stereocenters. The van der Waals surface area contributed by atoms with Crippen molar-refractivity contribution in [1.82, 2.24) is 0 Å². The number of carbonyl (C=O) groups excluding carboxylic acids is 2. The highest BCUT2D eigenvalue weighted by Crippen LogP contribution is 2.21. The smallest absolute Gasteiger partial charge is 0.314 e. The van der Waals surface area contributed by atoms with E-state index in [1.807, 2.05) is 6.07 Å². The second-order valence-electron chi connectivity index (χ2n) is 5.30. The summed E-state index contributed by atoms with van der Waals surface area (Å²) in [6.45, 7) is 3.99. The Morgan fingerprint density at radius 3 is 3.14 bits per heavy atom. The third-order valence-electron chi connectivity index (χ3n) is 3.69. The molecular weight excluding hydrogens is 302 g/mol. The molecule has 0 radical (unpaired) electrons. The lowest BCUT2D eigenvalue weighted by molar-refractivity contribution is -0.899. The van der Waals surface area contributed by atoms with E-state index in [2.05, 4.69) is 5.32 Å². The van der Waals surface area contributed by atoms with Crippen molar-refractivity contribution in [1.29, 1.82) is 5.26 Å². The summed E-state index contributed by atoms with van der Waals surface area (Å²) in [5.74, 6) is -0.406. The number of carbonyl (C=O) groups is 2. The number of nitriles is 1. The predicted octanol–water partition coefficient (Wildman–Crippen LogP) is 0.416. The molecule has 1 unspecified atom stereocenters. The van der Waals surface area contributed by atoms with Gasteiger partial charge in [0.05, 0.1) is 25.3 Å². The van der Waals surface area contributed by atoms with Crippen LogP contribution in [0, 0.1) is 17.2 Å². The fourth-order valence-corrected chi connectivity index (χ4v) is 3.42. The number of nitrogens with one attached hydrogen (secondary N) is 2. The number of hydrogen-bond acceptors (Lipinski definition) is 5. The SMILES string of the molecule is CCOC(=O)[C@H]1CCC[NH+](CC(=O)Nc2sccc2C#N)C1. The number of nitrogens with zero attached hydrogens (tertiary/aromatic N) is 1. The Hall–Kier alpha value is -1.91. The molecule has 0 aromatic carbocycles. The predicted molar refractivity (Wildman–Crippen MR) is 82.6 cm³/mol. The molecule has 1 aromatic rings. The van der Waals surface area contributed by atoms with Crippen LogP contribution in [-0.2, 0) is 14.3 Å². The van der Waals surface area contributed by atoms with Crippen molar-refractivity contribution in [2.45, 2.75) is 19.8 Å². The lowest BCUT2D eigenvalue weighted by atomic mass is 9.98. The van der Waals surface area contributed by atoms with E-state index >= 15 is 0 Å². The number of ether oxygens (including phenoxy) is 1. The molecule has 118 valence electrons. The van der Waals surface area contributed by atoms with E-state index in [-0.39, 0.29) is 17.8 Å². The quantitative estimate of drug-likeness (QED) is 0.770. The van der Waals surface area contributed by atoms with Gasteiger partial charge in [-0.1, -0.05) is 0 Å². The van der Waals surface area contributed by atoms with E-state index in [4.69, 9.17) is 10.00 Å². The first kappa shape index (κ1) is 16.5. The van der Waals surface area contributed by atoms with Crippen molar-refractivity contribution in [3.8, 4) is 6.07 Å². The minimum atomic E-state index is -0.162. The van der Waals surface area contributed by atoms with Crippen LogP contribution in [0.15, 0.2) is 11.4 Å². The number of hydrogen-bond donors (Lipinski definition) is 2. The third kappa shape index (κ3) is 4.29. The van der Waals surface area contributed by atoms with Gasteiger partial charge in [0.2, 0.25) is 0 Å². The average molecular weight is 322 g/mol. The molecule has 2 N–H and O–H groups in total. The van der Waals surface area contributed by atoms with Crippen LogP contribution in [0.25, 0.3) is 0 Å². The monoisotopic (exact) mass is 322 g/mol. The first-order chi connectivity index (χ1) is 10.6. The lowest BCUT2D eigenvalue weighted by Crippen LogP contribution is -3.14. The summed E-state index contributed by atoms with van der Waals surface area (Å²) in [5.41, 5.74) is 0.483. The molecule has 0 bridgehead atoms. The van der Waals surface area contributed by atoms with Crippen LogP contribution in [0.5, 0.6) is 0 Å². The van der Waals surface area contributed by atoms with Gasteiger partial charge in [-0.2, -0.15) is 5.26 Å². The van der Waals surface area contributed by atoms with Gasteiger partial charge in [0.15, 0.2) is 6.54 Å². The van der Waals surface area contributed by atoms with E-state index in [9.17, 15) is 9.59 Å². The Labute approximate surface area is 133 Å². The van der Waals surface area contributed by atoms with Crippen molar-refractivity contribution in [2.24, 2.45) is 5.92 Å². The number of rotatable bonds is 5. The first-order valence-electron chi connectivity index (χ1n) is 7.41. The van der Waals surface area contributed by atoms with Crippen molar-refractivity contribution in [3.63, 3.8) is 0 Å². The largest absolute Gasteiger partial charge is 0.466 e. The summed E-state index contributed by atoms with van der Waals surface area (Å²) in [6, 6.07) is 3.73. The van der Waals surface area contributed by atoms with E-state index in [1.54, 1.807) is 18.4 Å². The normalized spacial score (nSPS) is 20.9. The Morgan fingerprint density at radius 2 is 2.41 bits per heavy atom. The van der Waals surface area contributed by atoms with Crippen molar-refractivity contribution >= 4 is 28.2 Å². The average Bonchev–Trinajstić information content (AvgIpc) is 2.94. The highest BCUT2D eigenvalue weighted by molar-refractivity contribution is 7.14. The summed E-state index contributed by atoms with van der Waals surface area (Å²) in [6.07, 6.45) is 1.74. The van der Waals surface area contributed by atoms with Crippen LogP contribution in [0.2, 0.25) is 0 Å². The molecule has 0 spiro atoms. The molecule has 2 heterocycles. The Morgan fingerprint density at radius 1 is 1.59 bits per heavy atom. The van der Waals surface area contributed by atoms with Crippen molar-refractivity contribution in [2.75, 3.05) is 31.6 Å². The summed E-state index contributed by atoms with van der Waals surface area (Å²) in [4.78, 5) is 25.0. The molecule has 1 saturated heterocycles. The molecule has 1 aliphatic rings. The van der Waals surface area contributed by atoms with Gasteiger partial charge >= 0.3 is 5.97 Å². The first-order valence-corrected chi connectivity index (χ1v) is 8.29. The molecule has 1 fully saturated rings. The lowest BCUT2D eigenvalue weighted by Gasteiger charge is -2.28. The van der Waals surface area contributed by atoms with Crippen LogP contribution in [0.4, 0.5) is 5.00 Å². The summed E-state index contributed by atoms with van der Waals surface area (Å²) < 4.78 is 5.06. The Bertz CT molecular complexity index is 579. The maximum Gasteiger partial charge on any atom is 0.314 e. The molecule has 22 heavy (non-hydrogen) atoms. The minimum Gasteiger partial charge on any atom is -0.466 e. The van der Waals surface area contributed by atoms with Crippen molar-refractivity contribution in [3.05, 3.63) is 17.0 Å². The number of quaternary nitrogens is 1. The van der Waals surface area contributed by atoms with E-state index in [1.165, 1.54) is 11.3 Å². The molecule has 6 nitrogen and oxygen atoms in total. The van der Waals surface area contributed by atoms with Gasteiger partial charge < -0.3 is 15.0 Å². The standard InChI is InChI=1S/C15H19N3O3S/c1-2-21-15(20)12-4-3-6-18(9-12)10-13(19)17-14-11(8-16)5-7-22-14/h5,7,12H,2-4,6,9-10H2,1H3,(H,17,19)/p+1/t12-/m0/s1. The van der Waals surface area contributed by atoms with Crippen LogP contribution in [0.1, 0.15) is 25.3 Å². The molecule has 7 heteroatoms. The summed E-state index contributed by atoms with van der Waals surface area (Å²) in [7, 11) is 0. The topological polar surface area (TPSA) is 83.6 Å². The number of piperidine rings is 1. The fraction of sp³-hybridized carbons (Fsp3) is 0.533. The van der Waals surface area contributed by atoms with E-state index in [0.29, 0.717) is 30.3 Å². The van der Waals surface area contributed by atoms with Crippen molar-refractivity contribution < 1.29 is 19.2 Å². The van der Waals surface area contributed by atoms with Gasteiger partial charge in [0.25, 0.3) is 5.91 Å². The molecule has 1 aromatic heterocycles. The molecule has 1 aliphatic heterocycles.